The van der Waals surface area contributed by atoms with Crippen LogP contribution in [-0.2, 0) is 9.53 Å². The molecule has 2 aliphatic rings. The summed E-state index contributed by atoms with van der Waals surface area (Å²) in [7, 11) is 0. The molecule has 2 N–H and O–H groups in total. The van der Waals surface area contributed by atoms with Crippen LogP contribution >= 0.6 is 0 Å². The summed E-state index contributed by atoms with van der Waals surface area (Å²) in [6, 6.07) is 4.41. The first kappa shape index (κ1) is 20.0. The van der Waals surface area contributed by atoms with Gasteiger partial charge in [0.15, 0.2) is 0 Å². The number of aliphatic carboxylic acids is 1. The van der Waals surface area contributed by atoms with Gasteiger partial charge < -0.3 is 15.2 Å². The van der Waals surface area contributed by atoms with Gasteiger partial charge in [0.25, 0.3) is 17.7 Å². The number of benzene rings is 1. The van der Waals surface area contributed by atoms with Gasteiger partial charge in [-0.1, -0.05) is 13.3 Å². The zero-order valence-corrected chi connectivity index (χ0v) is 15.8. The molecule has 1 aromatic rings. The van der Waals surface area contributed by atoms with Crippen molar-refractivity contribution in [1.29, 1.82) is 0 Å². The van der Waals surface area contributed by atoms with Crippen LogP contribution in [0.5, 0.6) is 0 Å². The van der Waals surface area contributed by atoms with Crippen molar-refractivity contribution in [2.24, 2.45) is 0 Å². The Morgan fingerprint density at radius 1 is 1.18 bits per heavy atom. The quantitative estimate of drug-likeness (QED) is 0.689. The molecule has 0 unspecified atom stereocenters. The lowest BCUT2D eigenvalue weighted by atomic mass is 9.86. The molecule has 3 amide bonds. The Balaban J connectivity index is 1.81. The Labute approximate surface area is 162 Å². The molecule has 1 aromatic carbocycles. The number of hydrogen-bond donors (Lipinski definition) is 2. The van der Waals surface area contributed by atoms with Crippen molar-refractivity contribution in [3.05, 3.63) is 34.9 Å². The number of amides is 3. The number of unbranched alkanes of at least 4 members (excludes halogenated alkanes) is 1. The molecular formula is C20H24N2O6. The van der Waals surface area contributed by atoms with Crippen LogP contribution in [0.3, 0.4) is 0 Å². The number of carbonyl (C=O) groups excluding carboxylic acids is 3. The number of carboxylic acids is 1. The van der Waals surface area contributed by atoms with E-state index in [2.05, 4.69) is 5.32 Å². The van der Waals surface area contributed by atoms with Crippen LogP contribution in [0.4, 0.5) is 0 Å². The molecule has 8 heteroatoms. The van der Waals surface area contributed by atoms with Crippen LogP contribution in [0.15, 0.2) is 18.2 Å². The van der Waals surface area contributed by atoms with Crippen molar-refractivity contribution in [2.45, 2.75) is 44.6 Å². The van der Waals surface area contributed by atoms with E-state index in [1.54, 1.807) is 0 Å². The molecule has 0 aromatic heterocycles. The molecule has 0 spiro atoms. The SMILES string of the molecule is CCCCN1C(=O)c2ccc(C(=O)NC3(CC(=O)O)CCOCC3)cc2C1=O. The van der Waals surface area contributed by atoms with Crippen molar-refractivity contribution < 1.29 is 29.0 Å². The van der Waals surface area contributed by atoms with Crippen molar-refractivity contribution in [3.63, 3.8) is 0 Å². The van der Waals surface area contributed by atoms with Gasteiger partial charge in [-0.2, -0.15) is 0 Å². The molecule has 0 radical (unpaired) electrons. The number of fused-ring (bicyclic) bond motifs is 1. The number of carboxylic acid groups (broad SMARTS) is 1. The van der Waals surface area contributed by atoms with Crippen LogP contribution in [0.1, 0.15) is 70.1 Å². The summed E-state index contributed by atoms with van der Waals surface area (Å²) in [5.74, 6) is -2.19. The van der Waals surface area contributed by atoms with Gasteiger partial charge in [-0.25, -0.2) is 0 Å². The average Bonchev–Trinajstić information content (AvgIpc) is 2.90. The highest BCUT2D eigenvalue weighted by atomic mass is 16.5. The fraction of sp³-hybridized carbons (Fsp3) is 0.500. The number of hydrogen-bond acceptors (Lipinski definition) is 5. The van der Waals surface area contributed by atoms with E-state index in [0.29, 0.717) is 38.2 Å². The van der Waals surface area contributed by atoms with E-state index >= 15 is 0 Å². The minimum atomic E-state index is -0.997. The van der Waals surface area contributed by atoms with Gasteiger partial charge in [-0.05, 0) is 37.5 Å². The Kier molecular flexibility index (Phi) is 5.79. The predicted octanol–water partition coefficient (Wildman–Crippen LogP) is 1.84. The van der Waals surface area contributed by atoms with E-state index in [9.17, 15) is 24.3 Å². The van der Waals surface area contributed by atoms with Crippen LogP contribution in [0, 0.1) is 0 Å². The summed E-state index contributed by atoms with van der Waals surface area (Å²) >= 11 is 0. The fourth-order valence-electron chi connectivity index (χ4n) is 3.66. The Morgan fingerprint density at radius 2 is 1.86 bits per heavy atom. The smallest absolute Gasteiger partial charge is 0.305 e. The molecule has 1 fully saturated rings. The van der Waals surface area contributed by atoms with E-state index in [0.717, 1.165) is 12.8 Å². The number of nitrogens with one attached hydrogen (secondary N) is 1. The van der Waals surface area contributed by atoms with Crippen LogP contribution in [-0.4, -0.2) is 59.0 Å². The molecule has 3 rings (SSSR count). The van der Waals surface area contributed by atoms with Gasteiger partial charge in [-0.15, -0.1) is 0 Å². The molecule has 0 saturated carbocycles. The first-order chi connectivity index (χ1) is 13.4. The maximum absolute atomic E-state index is 12.8. The number of rotatable bonds is 7. The van der Waals surface area contributed by atoms with Gasteiger partial charge in [0.1, 0.15) is 0 Å². The van der Waals surface area contributed by atoms with Crippen molar-refractivity contribution in [1.82, 2.24) is 10.2 Å². The van der Waals surface area contributed by atoms with E-state index in [4.69, 9.17) is 4.74 Å². The molecule has 0 atom stereocenters. The Bertz CT molecular complexity index is 813. The van der Waals surface area contributed by atoms with Crippen LogP contribution in [0.2, 0.25) is 0 Å². The average molecular weight is 388 g/mol. The molecule has 0 bridgehead atoms. The summed E-state index contributed by atoms with van der Waals surface area (Å²) in [5, 5.41) is 12.1. The number of nitrogens with zero attached hydrogens (tertiary/aromatic N) is 1. The normalized spacial score (nSPS) is 18.1. The van der Waals surface area contributed by atoms with Crippen molar-refractivity contribution >= 4 is 23.7 Å². The first-order valence-electron chi connectivity index (χ1n) is 9.49. The summed E-state index contributed by atoms with van der Waals surface area (Å²) in [6.45, 7) is 3.07. The van der Waals surface area contributed by atoms with E-state index in [1.165, 1.54) is 23.1 Å². The molecule has 1 saturated heterocycles. The molecule has 2 heterocycles. The minimum absolute atomic E-state index is 0.199. The number of ether oxygens (including phenoxy) is 1. The Morgan fingerprint density at radius 3 is 2.50 bits per heavy atom. The van der Waals surface area contributed by atoms with Crippen molar-refractivity contribution in [3.8, 4) is 0 Å². The zero-order valence-electron chi connectivity index (χ0n) is 15.8. The Hall–Kier alpha value is -2.74. The minimum Gasteiger partial charge on any atom is -0.481 e. The zero-order chi connectivity index (χ0) is 20.3. The molecule has 150 valence electrons. The predicted molar refractivity (Wildman–Crippen MR) is 99.2 cm³/mol. The lowest BCUT2D eigenvalue weighted by Crippen LogP contribution is -2.53. The van der Waals surface area contributed by atoms with Gasteiger partial charge in [0.2, 0.25) is 0 Å². The highest BCUT2D eigenvalue weighted by Gasteiger charge is 2.38. The van der Waals surface area contributed by atoms with Crippen LogP contribution < -0.4 is 5.32 Å². The fourth-order valence-corrected chi connectivity index (χ4v) is 3.66. The van der Waals surface area contributed by atoms with Crippen LogP contribution in [0.25, 0.3) is 0 Å². The monoisotopic (exact) mass is 388 g/mol. The molecule has 8 nitrogen and oxygen atoms in total. The summed E-state index contributed by atoms with van der Waals surface area (Å²) in [4.78, 5) is 50.2. The van der Waals surface area contributed by atoms with Crippen molar-refractivity contribution in [2.75, 3.05) is 19.8 Å². The van der Waals surface area contributed by atoms with Gasteiger partial charge in [0.05, 0.1) is 23.1 Å². The van der Waals surface area contributed by atoms with E-state index in [-0.39, 0.29) is 23.5 Å². The third-order valence-corrected chi connectivity index (χ3v) is 5.29. The number of carbonyl (C=O) groups is 4. The summed E-state index contributed by atoms with van der Waals surface area (Å²) in [6.07, 6.45) is 2.18. The molecule has 28 heavy (non-hydrogen) atoms. The van der Waals surface area contributed by atoms with E-state index < -0.39 is 23.3 Å². The highest BCUT2D eigenvalue weighted by Crippen LogP contribution is 2.27. The summed E-state index contributed by atoms with van der Waals surface area (Å²) in [5.41, 5.74) is -0.141. The molecule has 0 aliphatic carbocycles. The topological polar surface area (TPSA) is 113 Å². The molecule has 2 aliphatic heterocycles. The highest BCUT2D eigenvalue weighted by molar-refractivity contribution is 6.22. The molecular weight excluding hydrogens is 364 g/mol. The third kappa shape index (κ3) is 3.91. The lowest BCUT2D eigenvalue weighted by molar-refractivity contribution is -0.139. The van der Waals surface area contributed by atoms with Gasteiger partial charge >= 0.3 is 5.97 Å². The first-order valence-corrected chi connectivity index (χ1v) is 9.49. The third-order valence-electron chi connectivity index (χ3n) is 5.29. The summed E-state index contributed by atoms with van der Waals surface area (Å²) < 4.78 is 5.29. The number of imide groups is 1. The lowest BCUT2D eigenvalue weighted by Gasteiger charge is -2.36. The second-order valence-corrected chi connectivity index (χ2v) is 7.29. The maximum Gasteiger partial charge on any atom is 0.305 e. The standard InChI is InChI=1S/C20H24N2O6/c1-2-3-8-22-18(26)14-5-4-13(11-15(14)19(22)27)17(25)21-20(12-16(23)24)6-9-28-10-7-20/h4-5,11H,2-3,6-10,12H2,1H3,(H,21,25)(H,23,24). The van der Waals surface area contributed by atoms with Gasteiger partial charge in [0, 0.05) is 25.3 Å². The maximum atomic E-state index is 12.8. The van der Waals surface area contributed by atoms with E-state index in [1.807, 2.05) is 6.92 Å². The van der Waals surface area contributed by atoms with Gasteiger partial charge in [-0.3, -0.25) is 24.1 Å². The second kappa shape index (κ2) is 8.10. The second-order valence-electron chi connectivity index (χ2n) is 7.29. The largest absolute Gasteiger partial charge is 0.481 e.